The molecule has 1 aromatic heterocycles. The number of fused-ring (bicyclic) bond motifs is 7. The summed E-state index contributed by atoms with van der Waals surface area (Å²) in [4.78, 5) is 7.99. The third-order valence-electron chi connectivity index (χ3n) is 21.8. The molecule has 11 rings (SSSR count). The zero-order chi connectivity index (χ0) is 65.3. The molecular weight excluding hydrogens is 1090 g/mol. The van der Waals surface area contributed by atoms with E-state index in [-0.39, 0.29) is 66.3 Å². The number of benzene rings is 7. The monoisotopic (exact) mass is 1200 g/mol. The fourth-order valence-corrected chi connectivity index (χ4v) is 18.6. The molecule has 468 valence electrons. The van der Waals surface area contributed by atoms with Crippen LogP contribution in [-0.2, 0) is 37.9 Å². The minimum absolute atomic E-state index is 0.00744. The molecule has 1 aliphatic carbocycles. The molecule has 0 bridgehead atoms. The zero-order valence-electron chi connectivity index (χ0n) is 60.0. The van der Waals surface area contributed by atoms with Gasteiger partial charge in [-0.2, -0.15) is 0 Å². The normalized spacial score (nSPS) is 16.3. The third-order valence-corrected chi connectivity index (χ3v) is 23.0. The molecule has 0 atom stereocenters. The van der Waals surface area contributed by atoms with Gasteiger partial charge in [-0.05, 0) is 190 Å². The molecule has 3 heterocycles. The lowest BCUT2D eigenvalue weighted by Crippen LogP contribution is -2.61. The van der Waals surface area contributed by atoms with Crippen molar-refractivity contribution in [1.82, 2.24) is 0 Å². The lowest BCUT2D eigenvalue weighted by Gasteiger charge is -2.65. The number of rotatable bonds is 5. The Hall–Kier alpha value is -6.04. The molecule has 0 spiro atoms. The smallest absolute Gasteiger partial charge is 0.264 e. The molecule has 0 saturated carbocycles. The van der Waals surface area contributed by atoms with E-state index in [2.05, 4.69) is 341 Å². The van der Waals surface area contributed by atoms with Crippen LogP contribution < -0.4 is 30.4 Å². The average Bonchev–Trinajstić information content (AvgIpc) is 1.55. The molecule has 0 unspecified atom stereocenters. The standard InChI is InChI=1S/C84H108BN3S/c1-74(2,3)53-28-36-58(37-29-53)86(59-38-30-54(31-39-59)75(4,5)6)62-51-68-71-69(52-62)88(61-42-43-64-65(50-61)84(81(22,23)24,82(25,26)27)47-46-83(64,79(16,17)18)80(19,20)21)72-63-48-56(77(10,11)12)35-45-70(63)89-73(72)85(71)66-49-57(78(13,14)15)34-44-67(66)87(68)60-40-32-55(33-41-60)76(7,8)9/h28-45,48-52H,46-47H2,1-27H3. The summed E-state index contributed by atoms with van der Waals surface area (Å²) in [6, 6.07) is 56.5. The summed E-state index contributed by atoms with van der Waals surface area (Å²) >= 11 is 2.02. The van der Waals surface area contributed by atoms with Crippen LogP contribution in [0.25, 0.3) is 10.1 Å². The minimum Gasteiger partial charge on any atom is -0.311 e. The predicted octanol–water partition coefficient (Wildman–Crippen LogP) is 23.4. The molecule has 3 aliphatic rings. The van der Waals surface area contributed by atoms with Crippen molar-refractivity contribution in [3.05, 3.63) is 178 Å². The average molecular weight is 1200 g/mol. The van der Waals surface area contributed by atoms with E-state index in [1.807, 2.05) is 11.3 Å². The van der Waals surface area contributed by atoms with E-state index >= 15 is 0 Å². The van der Waals surface area contributed by atoms with E-state index in [1.54, 1.807) is 0 Å². The first-order valence-corrected chi connectivity index (χ1v) is 34.4. The molecule has 8 aromatic rings. The van der Waals surface area contributed by atoms with Crippen molar-refractivity contribution < 1.29 is 0 Å². The molecule has 3 nitrogen and oxygen atoms in total. The SMILES string of the molecule is CC(C)(C)c1ccc(N(c2ccc(C(C)(C)C)cc2)c2cc3c4c(c2)N(c2ccc5c(c2)C(C(C)(C)C)(C(C)(C)C)CCC5(C(C)(C)C)C(C)(C)C)c2c(sc5ccc(C(C)(C)C)cc25)B4c2cc(C(C)(C)C)ccc2N3c2ccc(C(C)(C)C)cc2)cc1. The van der Waals surface area contributed by atoms with Crippen LogP contribution in [0, 0.1) is 21.7 Å². The first-order valence-electron chi connectivity index (χ1n) is 33.6. The highest BCUT2D eigenvalue weighted by Crippen LogP contribution is 2.69. The van der Waals surface area contributed by atoms with Crippen LogP contribution in [0.5, 0.6) is 0 Å². The van der Waals surface area contributed by atoms with Crippen LogP contribution in [0.4, 0.5) is 51.2 Å². The van der Waals surface area contributed by atoms with Crippen molar-refractivity contribution in [2.75, 3.05) is 14.7 Å². The van der Waals surface area contributed by atoms with Crippen molar-refractivity contribution in [3.63, 3.8) is 0 Å². The van der Waals surface area contributed by atoms with Gasteiger partial charge in [0.25, 0.3) is 6.71 Å². The molecule has 0 radical (unpaired) electrons. The summed E-state index contributed by atoms with van der Waals surface area (Å²) in [5.74, 6) is 0. The molecule has 0 saturated heterocycles. The van der Waals surface area contributed by atoms with Crippen LogP contribution in [0.1, 0.15) is 239 Å². The van der Waals surface area contributed by atoms with Gasteiger partial charge in [-0.15, -0.1) is 11.3 Å². The van der Waals surface area contributed by atoms with E-state index < -0.39 is 0 Å². The summed E-state index contributed by atoms with van der Waals surface area (Å²) < 4.78 is 2.73. The highest BCUT2D eigenvalue weighted by Gasteiger charge is 2.63. The Bertz CT molecular complexity index is 3930. The predicted molar refractivity (Wildman–Crippen MR) is 394 cm³/mol. The van der Waals surface area contributed by atoms with Gasteiger partial charge in [0.15, 0.2) is 0 Å². The van der Waals surface area contributed by atoms with Gasteiger partial charge >= 0.3 is 0 Å². The lowest BCUT2D eigenvalue weighted by molar-refractivity contribution is -0.0310. The van der Waals surface area contributed by atoms with Crippen molar-refractivity contribution >= 4 is 95.0 Å². The minimum atomic E-state index is -0.169. The quantitative estimate of drug-likeness (QED) is 0.159. The Morgan fingerprint density at radius 2 is 0.753 bits per heavy atom. The number of thiophene rings is 1. The largest absolute Gasteiger partial charge is 0.311 e. The summed E-state index contributed by atoms with van der Waals surface area (Å²) in [6.07, 6.45) is 2.23. The van der Waals surface area contributed by atoms with Crippen molar-refractivity contribution in [2.45, 2.75) is 238 Å². The summed E-state index contributed by atoms with van der Waals surface area (Å²) in [5, 5.41) is 1.32. The molecule has 5 heteroatoms. The second kappa shape index (κ2) is 20.7. The van der Waals surface area contributed by atoms with Gasteiger partial charge in [-0.25, -0.2) is 0 Å². The number of nitrogens with zero attached hydrogens (tertiary/aromatic N) is 3. The second-order valence-corrected chi connectivity index (χ2v) is 37.7. The second-order valence-electron chi connectivity index (χ2n) is 36.6. The Labute approximate surface area is 544 Å². The van der Waals surface area contributed by atoms with E-state index in [1.165, 1.54) is 93.2 Å². The van der Waals surface area contributed by atoms with E-state index in [0.29, 0.717) is 0 Å². The van der Waals surface area contributed by atoms with Gasteiger partial charge in [0.2, 0.25) is 0 Å². The molecular formula is C84H108BN3S. The van der Waals surface area contributed by atoms with Gasteiger partial charge in [0.05, 0.1) is 11.4 Å². The fraction of sp³-hybridized carbons (Fsp3) is 0.476. The molecule has 89 heavy (non-hydrogen) atoms. The maximum atomic E-state index is 2.79. The number of hydrogen-bond acceptors (Lipinski definition) is 4. The van der Waals surface area contributed by atoms with Crippen LogP contribution in [-0.4, -0.2) is 6.71 Å². The molecule has 0 N–H and O–H groups in total. The summed E-state index contributed by atoms with van der Waals surface area (Å²) in [6.45, 7) is 65.6. The van der Waals surface area contributed by atoms with Crippen LogP contribution in [0.15, 0.2) is 140 Å². The first kappa shape index (κ1) is 64.5. The third kappa shape index (κ3) is 10.4. The highest BCUT2D eigenvalue weighted by atomic mass is 32.1. The topological polar surface area (TPSA) is 9.72 Å². The lowest BCUT2D eigenvalue weighted by atomic mass is 9.36. The molecule has 2 aliphatic heterocycles. The van der Waals surface area contributed by atoms with Gasteiger partial charge in [-0.3, -0.25) is 0 Å². The van der Waals surface area contributed by atoms with E-state index in [9.17, 15) is 0 Å². The Balaban J connectivity index is 1.35. The first-order chi connectivity index (χ1) is 40.8. The summed E-state index contributed by atoms with van der Waals surface area (Å²) in [7, 11) is 0. The Kier molecular flexibility index (Phi) is 15.0. The van der Waals surface area contributed by atoms with Crippen LogP contribution in [0.2, 0.25) is 0 Å². The molecule has 0 fully saturated rings. The summed E-state index contributed by atoms with van der Waals surface area (Å²) in [5.41, 5.74) is 22.5. The Morgan fingerprint density at radius 3 is 1.20 bits per heavy atom. The van der Waals surface area contributed by atoms with Gasteiger partial charge in [0, 0.05) is 65.5 Å². The van der Waals surface area contributed by atoms with Crippen LogP contribution >= 0.6 is 11.3 Å². The van der Waals surface area contributed by atoms with E-state index in [0.717, 1.165) is 35.6 Å². The van der Waals surface area contributed by atoms with E-state index in [4.69, 9.17) is 0 Å². The maximum Gasteiger partial charge on any atom is 0.264 e. The van der Waals surface area contributed by atoms with Gasteiger partial charge in [-0.1, -0.05) is 248 Å². The fourth-order valence-electron chi connectivity index (χ4n) is 17.3. The van der Waals surface area contributed by atoms with Crippen molar-refractivity contribution in [2.24, 2.45) is 21.7 Å². The van der Waals surface area contributed by atoms with Crippen LogP contribution in [0.3, 0.4) is 0 Å². The number of hydrogen-bond donors (Lipinski definition) is 0. The Morgan fingerprint density at radius 1 is 0.360 bits per heavy atom. The number of anilines is 9. The van der Waals surface area contributed by atoms with Gasteiger partial charge < -0.3 is 14.7 Å². The molecule has 0 amide bonds. The zero-order valence-corrected chi connectivity index (χ0v) is 60.8. The maximum absolute atomic E-state index is 2.79. The molecule has 7 aromatic carbocycles. The van der Waals surface area contributed by atoms with Crippen molar-refractivity contribution in [3.8, 4) is 0 Å². The highest BCUT2D eigenvalue weighted by molar-refractivity contribution is 7.33. The van der Waals surface area contributed by atoms with Gasteiger partial charge in [0.1, 0.15) is 0 Å². The van der Waals surface area contributed by atoms with Crippen molar-refractivity contribution in [1.29, 1.82) is 0 Å².